The maximum Gasteiger partial charge on any atom is 0.118 e. The summed E-state index contributed by atoms with van der Waals surface area (Å²) in [5, 5.41) is 38.3. The predicted octanol–water partition coefficient (Wildman–Crippen LogP) is 9.87. The molecular formula is C39H32O4S. The van der Waals surface area contributed by atoms with Crippen molar-refractivity contribution in [2.45, 2.75) is 30.1 Å². The predicted molar refractivity (Wildman–Crippen MR) is 179 cm³/mol. The van der Waals surface area contributed by atoms with Crippen molar-refractivity contribution in [2.75, 3.05) is 0 Å². The summed E-state index contributed by atoms with van der Waals surface area (Å²) in [5.41, 5.74) is 11.4. The van der Waals surface area contributed by atoms with E-state index in [1.54, 1.807) is 48.2 Å². The molecule has 4 N–H and O–H groups in total. The second-order valence-electron chi connectivity index (χ2n) is 10.9. The van der Waals surface area contributed by atoms with Crippen molar-refractivity contribution in [3.63, 3.8) is 0 Å². The van der Waals surface area contributed by atoms with E-state index >= 15 is 0 Å². The zero-order valence-electron chi connectivity index (χ0n) is 24.5. The van der Waals surface area contributed by atoms with Gasteiger partial charge in [0.1, 0.15) is 23.0 Å². The van der Waals surface area contributed by atoms with Crippen LogP contribution in [-0.2, 0) is 6.42 Å². The summed E-state index contributed by atoms with van der Waals surface area (Å²) in [5.74, 6) is 1.16. The molecule has 0 unspecified atom stereocenters. The van der Waals surface area contributed by atoms with Crippen LogP contribution in [0, 0.1) is 13.8 Å². The molecule has 0 fully saturated rings. The molecule has 0 saturated carbocycles. The average Bonchev–Trinajstić information content (AvgIpc) is 3.40. The molecule has 6 aromatic carbocycles. The number of phenolic OH excluding ortho intramolecular Hbond substituents is 4. The number of fused-ring (bicyclic) bond motifs is 3. The first-order valence-corrected chi connectivity index (χ1v) is 15.2. The molecular weight excluding hydrogens is 564 g/mol. The minimum Gasteiger partial charge on any atom is -0.508 e. The SMILES string of the molecule is Cc1cc(Sc2ccc(O)c(C)c2)ccc1O.Oc1ccc(-c2ccc3c(c2-c2ccc(O)cc2)Cc2ccccc2-3)cc1. The lowest BCUT2D eigenvalue weighted by Gasteiger charge is -2.16. The lowest BCUT2D eigenvalue weighted by Crippen LogP contribution is -1.93. The Morgan fingerprint density at radius 1 is 0.500 bits per heavy atom. The van der Waals surface area contributed by atoms with Gasteiger partial charge in [0, 0.05) is 9.79 Å². The third-order valence-corrected chi connectivity index (χ3v) is 8.87. The fraction of sp³-hybridized carbons (Fsp3) is 0.0769. The number of hydrogen-bond donors (Lipinski definition) is 4. The van der Waals surface area contributed by atoms with Crippen LogP contribution in [0.25, 0.3) is 33.4 Å². The molecule has 6 aromatic rings. The fourth-order valence-electron chi connectivity index (χ4n) is 5.57. The molecule has 0 spiro atoms. The first-order valence-electron chi connectivity index (χ1n) is 14.4. The summed E-state index contributed by atoms with van der Waals surface area (Å²) in [4.78, 5) is 2.15. The van der Waals surface area contributed by atoms with Crippen LogP contribution in [0.3, 0.4) is 0 Å². The Morgan fingerprint density at radius 2 is 1.02 bits per heavy atom. The van der Waals surface area contributed by atoms with E-state index in [0.717, 1.165) is 44.0 Å². The summed E-state index contributed by atoms with van der Waals surface area (Å²) < 4.78 is 0. The molecule has 218 valence electrons. The van der Waals surface area contributed by atoms with Gasteiger partial charge in [-0.2, -0.15) is 0 Å². The quantitative estimate of drug-likeness (QED) is 0.163. The van der Waals surface area contributed by atoms with Gasteiger partial charge in [-0.25, -0.2) is 0 Å². The van der Waals surface area contributed by atoms with E-state index < -0.39 is 0 Å². The summed E-state index contributed by atoms with van der Waals surface area (Å²) in [6, 6.07) is 38.7. The molecule has 44 heavy (non-hydrogen) atoms. The first kappa shape index (κ1) is 29.0. The van der Waals surface area contributed by atoms with E-state index in [4.69, 9.17) is 0 Å². The molecule has 4 nitrogen and oxygen atoms in total. The second kappa shape index (κ2) is 12.2. The monoisotopic (exact) mass is 596 g/mol. The van der Waals surface area contributed by atoms with Crippen LogP contribution >= 0.6 is 11.8 Å². The summed E-state index contributed by atoms with van der Waals surface area (Å²) in [7, 11) is 0. The van der Waals surface area contributed by atoms with Crippen LogP contribution < -0.4 is 0 Å². The molecule has 0 aromatic heterocycles. The lowest BCUT2D eigenvalue weighted by atomic mass is 9.88. The highest BCUT2D eigenvalue weighted by atomic mass is 32.2. The minimum absolute atomic E-state index is 0.262. The topological polar surface area (TPSA) is 80.9 Å². The van der Waals surface area contributed by atoms with Gasteiger partial charge in [0.25, 0.3) is 0 Å². The largest absolute Gasteiger partial charge is 0.508 e. The van der Waals surface area contributed by atoms with Gasteiger partial charge < -0.3 is 20.4 Å². The van der Waals surface area contributed by atoms with Crippen LogP contribution in [0.1, 0.15) is 22.3 Å². The van der Waals surface area contributed by atoms with Crippen LogP contribution in [-0.4, -0.2) is 20.4 Å². The Bertz CT molecular complexity index is 1910. The van der Waals surface area contributed by atoms with Crippen molar-refractivity contribution in [3.05, 3.63) is 144 Å². The van der Waals surface area contributed by atoms with Gasteiger partial charge >= 0.3 is 0 Å². The molecule has 1 aliphatic carbocycles. The van der Waals surface area contributed by atoms with Crippen molar-refractivity contribution in [1.29, 1.82) is 0 Å². The molecule has 7 rings (SSSR count). The van der Waals surface area contributed by atoms with E-state index in [1.807, 2.05) is 62.4 Å². The van der Waals surface area contributed by atoms with Crippen LogP contribution in [0.15, 0.2) is 131 Å². The van der Waals surface area contributed by atoms with Gasteiger partial charge in [0.15, 0.2) is 0 Å². The van der Waals surface area contributed by atoms with E-state index in [9.17, 15) is 20.4 Å². The number of hydrogen-bond acceptors (Lipinski definition) is 5. The molecule has 0 saturated heterocycles. The number of aryl methyl sites for hydroxylation is 2. The first-order chi connectivity index (χ1) is 21.3. The molecule has 0 atom stereocenters. The smallest absolute Gasteiger partial charge is 0.118 e. The zero-order chi connectivity index (χ0) is 30.8. The van der Waals surface area contributed by atoms with Crippen molar-refractivity contribution in [3.8, 4) is 56.4 Å². The van der Waals surface area contributed by atoms with Gasteiger partial charge in [-0.05, 0) is 137 Å². The standard InChI is InChI=1S/C25H18O2.C14H14O2S/c26-19-9-5-16(6-10-19)22-13-14-23-21-4-2-1-3-18(21)15-24(23)25(22)17-7-11-20(27)12-8-17;1-9-7-11(3-5-13(9)15)17-12-4-6-14(16)10(2)8-12/h1-14,26-27H,15H2;3-8,15-16H,1-2H3. The third-order valence-electron chi connectivity index (χ3n) is 7.89. The maximum absolute atomic E-state index is 9.73. The van der Waals surface area contributed by atoms with Crippen molar-refractivity contribution in [1.82, 2.24) is 0 Å². The Labute approximate surface area is 261 Å². The summed E-state index contributed by atoms with van der Waals surface area (Å²) >= 11 is 1.61. The Morgan fingerprint density at radius 3 is 1.59 bits per heavy atom. The molecule has 0 radical (unpaired) electrons. The van der Waals surface area contributed by atoms with Crippen molar-refractivity contribution < 1.29 is 20.4 Å². The Hall–Kier alpha value is -5.13. The Balaban J connectivity index is 0.000000174. The molecule has 0 heterocycles. The van der Waals surface area contributed by atoms with Crippen molar-refractivity contribution in [2.24, 2.45) is 0 Å². The number of benzene rings is 6. The summed E-state index contributed by atoms with van der Waals surface area (Å²) in [6.45, 7) is 3.75. The number of rotatable bonds is 4. The van der Waals surface area contributed by atoms with Crippen LogP contribution in [0.4, 0.5) is 0 Å². The number of phenols is 4. The van der Waals surface area contributed by atoms with Gasteiger partial charge in [-0.1, -0.05) is 72.4 Å². The van der Waals surface area contributed by atoms with E-state index in [0.29, 0.717) is 11.5 Å². The van der Waals surface area contributed by atoms with Gasteiger partial charge in [-0.3, -0.25) is 0 Å². The van der Waals surface area contributed by atoms with E-state index in [2.05, 4.69) is 36.4 Å². The zero-order valence-corrected chi connectivity index (χ0v) is 25.3. The highest BCUT2D eigenvalue weighted by Crippen LogP contribution is 2.46. The second-order valence-corrected chi connectivity index (χ2v) is 12.1. The summed E-state index contributed by atoms with van der Waals surface area (Å²) in [6.07, 6.45) is 0.896. The molecule has 0 bridgehead atoms. The average molecular weight is 597 g/mol. The van der Waals surface area contributed by atoms with Crippen LogP contribution in [0.2, 0.25) is 0 Å². The third kappa shape index (κ3) is 6.01. The number of aromatic hydroxyl groups is 4. The van der Waals surface area contributed by atoms with Gasteiger partial charge in [0.05, 0.1) is 0 Å². The van der Waals surface area contributed by atoms with Gasteiger partial charge in [-0.15, -0.1) is 0 Å². The highest BCUT2D eigenvalue weighted by molar-refractivity contribution is 7.99. The van der Waals surface area contributed by atoms with Crippen molar-refractivity contribution >= 4 is 11.8 Å². The fourth-order valence-corrected chi connectivity index (χ4v) is 6.59. The van der Waals surface area contributed by atoms with E-state index in [1.165, 1.54) is 27.8 Å². The molecule has 0 aliphatic heterocycles. The molecule has 5 heteroatoms. The lowest BCUT2D eigenvalue weighted by molar-refractivity contribution is 0.470. The van der Waals surface area contributed by atoms with Crippen LogP contribution in [0.5, 0.6) is 23.0 Å². The molecule has 0 amide bonds. The molecule has 1 aliphatic rings. The Kier molecular flexibility index (Phi) is 8.05. The normalized spacial score (nSPS) is 11.3. The minimum atomic E-state index is 0.262. The maximum atomic E-state index is 9.73. The van der Waals surface area contributed by atoms with E-state index in [-0.39, 0.29) is 11.5 Å². The highest BCUT2D eigenvalue weighted by Gasteiger charge is 2.24. The van der Waals surface area contributed by atoms with Gasteiger partial charge in [0.2, 0.25) is 0 Å².